The molecule has 0 aliphatic carbocycles. The molecule has 6 nitrogen and oxygen atoms in total. The summed E-state index contributed by atoms with van der Waals surface area (Å²) < 4.78 is 7.20. The van der Waals surface area contributed by atoms with Crippen LogP contribution in [0.2, 0.25) is 5.02 Å². The van der Waals surface area contributed by atoms with Gasteiger partial charge in [0.05, 0.1) is 18.8 Å². The fraction of sp³-hybridized carbons (Fsp3) is 0.235. The Morgan fingerprint density at radius 3 is 3.00 bits per heavy atom. The van der Waals surface area contributed by atoms with Crippen molar-refractivity contribution >= 4 is 28.8 Å². The van der Waals surface area contributed by atoms with Gasteiger partial charge >= 0.3 is 0 Å². The first-order chi connectivity index (χ1) is 12.2. The van der Waals surface area contributed by atoms with Gasteiger partial charge in [-0.15, -0.1) is 11.3 Å². The number of amides is 1. The zero-order chi connectivity index (χ0) is 17.2. The molecule has 1 amide bonds. The van der Waals surface area contributed by atoms with Gasteiger partial charge in [-0.25, -0.2) is 9.67 Å². The number of ether oxygens (including phenoxy) is 1. The van der Waals surface area contributed by atoms with Crippen molar-refractivity contribution < 1.29 is 9.53 Å². The first-order valence-electron chi connectivity index (χ1n) is 7.88. The summed E-state index contributed by atoms with van der Waals surface area (Å²) in [6.45, 7) is 1.80. The number of halogens is 1. The molecule has 1 aliphatic rings. The quantitative estimate of drug-likeness (QED) is 0.760. The van der Waals surface area contributed by atoms with Crippen LogP contribution in [0, 0.1) is 0 Å². The predicted molar refractivity (Wildman–Crippen MR) is 96.1 cm³/mol. The Balaban J connectivity index is 1.40. The Kier molecular flexibility index (Phi) is 4.42. The van der Waals surface area contributed by atoms with E-state index in [-0.39, 0.29) is 5.91 Å². The zero-order valence-corrected chi connectivity index (χ0v) is 14.8. The SMILES string of the molecule is O=C(NCc1nc(-c2ccc(Cl)cc2)cs1)c1cc2n(n1)CCCO2. The van der Waals surface area contributed by atoms with E-state index >= 15 is 0 Å². The summed E-state index contributed by atoms with van der Waals surface area (Å²) >= 11 is 7.41. The van der Waals surface area contributed by atoms with Gasteiger partial charge in [-0.1, -0.05) is 23.7 Å². The number of carbonyl (C=O) groups excluding carboxylic acids is 1. The first kappa shape index (κ1) is 16.1. The molecular weight excluding hydrogens is 360 g/mol. The van der Waals surface area contributed by atoms with Gasteiger partial charge in [0, 0.05) is 35.0 Å². The van der Waals surface area contributed by atoms with Gasteiger partial charge in [0.1, 0.15) is 5.01 Å². The van der Waals surface area contributed by atoms with E-state index in [1.807, 2.05) is 29.6 Å². The minimum Gasteiger partial charge on any atom is -0.478 e. The van der Waals surface area contributed by atoms with E-state index in [0.717, 1.165) is 29.2 Å². The Hall–Kier alpha value is -2.38. The number of nitrogens with zero attached hydrogens (tertiary/aromatic N) is 3. The van der Waals surface area contributed by atoms with Crippen LogP contribution in [-0.2, 0) is 13.1 Å². The van der Waals surface area contributed by atoms with Crippen molar-refractivity contribution in [3.63, 3.8) is 0 Å². The smallest absolute Gasteiger partial charge is 0.272 e. The van der Waals surface area contributed by atoms with Gasteiger partial charge in [-0.05, 0) is 12.1 Å². The number of aryl methyl sites for hydroxylation is 1. The summed E-state index contributed by atoms with van der Waals surface area (Å²) in [5, 5.41) is 10.6. The molecule has 8 heteroatoms. The average molecular weight is 375 g/mol. The number of hydrogen-bond acceptors (Lipinski definition) is 5. The summed E-state index contributed by atoms with van der Waals surface area (Å²) in [4.78, 5) is 16.8. The van der Waals surface area contributed by atoms with Crippen LogP contribution in [0.5, 0.6) is 5.88 Å². The van der Waals surface area contributed by atoms with Gasteiger partial charge in [0.2, 0.25) is 5.88 Å². The molecule has 0 spiro atoms. The van der Waals surface area contributed by atoms with E-state index in [4.69, 9.17) is 16.3 Å². The van der Waals surface area contributed by atoms with Crippen molar-refractivity contribution in [2.45, 2.75) is 19.5 Å². The number of nitrogens with one attached hydrogen (secondary N) is 1. The third-order valence-corrected chi connectivity index (χ3v) is 4.93. The molecule has 0 radical (unpaired) electrons. The van der Waals surface area contributed by atoms with Crippen LogP contribution < -0.4 is 10.1 Å². The van der Waals surface area contributed by atoms with Crippen LogP contribution in [-0.4, -0.2) is 27.3 Å². The molecule has 0 bridgehead atoms. The van der Waals surface area contributed by atoms with Gasteiger partial charge in [-0.3, -0.25) is 4.79 Å². The lowest BCUT2D eigenvalue weighted by molar-refractivity contribution is 0.0945. The van der Waals surface area contributed by atoms with Crippen molar-refractivity contribution in [1.82, 2.24) is 20.1 Å². The molecule has 0 unspecified atom stereocenters. The van der Waals surface area contributed by atoms with E-state index in [0.29, 0.717) is 29.7 Å². The zero-order valence-electron chi connectivity index (χ0n) is 13.2. The molecule has 0 fully saturated rings. The molecule has 3 aromatic rings. The van der Waals surface area contributed by atoms with Gasteiger partial charge in [0.25, 0.3) is 5.91 Å². The Bertz CT molecular complexity index is 880. The number of hydrogen-bond donors (Lipinski definition) is 1. The third kappa shape index (κ3) is 3.52. The van der Waals surface area contributed by atoms with Crippen LogP contribution in [0.15, 0.2) is 35.7 Å². The summed E-state index contributed by atoms with van der Waals surface area (Å²) in [7, 11) is 0. The molecule has 1 aliphatic heterocycles. The number of thiazole rings is 1. The molecule has 1 N–H and O–H groups in total. The van der Waals surface area contributed by atoms with E-state index in [2.05, 4.69) is 15.4 Å². The second-order valence-electron chi connectivity index (χ2n) is 5.61. The summed E-state index contributed by atoms with van der Waals surface area (Å²) in [6, 6.07) is 9.20. The lowest BCUT2D eigenvalue weighted by atomic mass is 10.2. The summed E-state index contributed by atoms with van der Waals surface area (Å²) in [5.74, 6) is 0.421. The molecule has 4 rings (SSSR count). The predicted octanol–water partition coefficient (Wildman–Crippen LogP) is 3.37. The maximum absolute atomic E-state index is 12.3. The highest BCUT2D eigenvalue weighted by Crippen LogP contribution is 2.23. The Morgan fingerprint density at radius 2 is 2.20 bits per heavy atom. The molecule has 128 valence electrons. The fourth-order valence-electron chi connectivity index (χ4n) is 2.57. The number of fused-ring (bicyclic) bond motifs is 1. The maximum Gasteiger partial charge on any atom is 0.272 e. The number of aromatic nitrogens is 3. The minimum atomic E-state index is -0.228. The second-order valence-corrected chi connectivity index (χ2v) is 6.99. The highest BCUT2D eigenvalue weighted by atomic mass is 35.5. The van der Waals surface area contributed by atoms with E-state index in [9.17, 15) is 4.79 Å². The van der Waals surface area contributed by atoms with Crippen molar-refractivity contribution in [3.05, 3.63) is 51.4 Å². The lowest BCUT2D eigenvalue weighted by Crippen LogP contribution is -2.23. The fourth-order valence-corrected chi connectivity index (χ4v) is 3.44. The van der Waals surface area contributed by atoms with Crippen molar-refractivity contribution in [1.29, 1.82) is 0 Å². The molecule has 25 heavy (non-hydrogen) atoms. The first-order valence-corrected chi connectivity index (χ1v) is 9.14. The van der Waals surface area contributed by atoms with Crippen LogP contribution in [0.25, 0.3) is 11.3 Å². The Labute approximate surface area is 153 Å². The van der Waals surface area contributed by atoms with Gasteiger partial charge < -0.3 is 10.1 Å². The molecule has 0 saturated carbocycles. The number of rotatable bonds is 4. The van der Waals surface area contributed by atoms with E-state index in [1.54, 1.807) is 10.7 Å². The highest BCUT2D eigenvalue weighted by Gasteiger charge is 2.18. The molecule has 0 atom stereocenters. The molecule has 1 aromatic carbocycles. The summed E-state index contributed by atoms with van der Waals surface area (Å²) in [6.07, 6.45) is 0.905. The molecule has 2 aromatic heterocycles. The van der Waals surface area contributed by atoms with Crippen molar-refractivity contribution in [3.8, 4) is 17.1 Å². The highest BCUT2D eigenvalue weighted by molar-refractivity contribution is 7.09. The van der Waals surface area contributed by atoms with E-state index < -0.39 is 0 Å². The molecule has 3 heterocycles. The number of benzene rings is 1. The van der Waals surface area contributed by atoms with Gasteiger partial charge in [0.15, 0.2) is 5.69 Å². The topological polar surface area (TPSA) is 69.0 Å². The Morgan fingerprint density at radius 1 is 1.36 bits per heavy atom. The molecule has 0 saturated heterocycles. The summed E-state index contributed by atoms with van der Waals surface area (Å²) in [5.41, 5.74) is 2.24. The minimum absolute atomic E-state index is 0.228. The lowest BCUT2D eigenvalue weighted by Gasteiger charge is -2.13. The third-order valence-electron chi connectivity index (χ3n) is 3.83. The van der Waals surface area contributed by atoms with Crippen molar-refractivity contribution in [2.24, 2.45) is 0 Å². The van der Waals surface area contributed by atoms with Crippen LogP contribution in [0.1, 0.15) is 21.9 Å². The van der Waals surface area contributed by atoms with E-state index in [1.165, 1.54) is 11.3 Å². The number of carbonyl (C=O) groups is 1. The second kappa shape index (κ2) is 6.85. The maximum atomic E-state index is 12.3. The van der Waals surface area contributed by atoms with Gasteiger partial charge in [-0.2, -0.15) is 5.10 Å². The van der Waals surface area contributed by atoms with Crippen molar-refractivity contribution in [2.75, 3.05) is 6.61 Å². The van der Waals surface area contributed by atoms with Crippen LogP contribution in [0.4, 0.5) is 0 Å². The average Bonchev–Trinajstić information content (AvgIpc) is 3.27. The molecular formula is C17H15ClN4O2S. The standard InChI is InChI=1S/C17H15ClN4O2S/c18-12-4-2-11(3-5-12)14-10-25-15(20-14)9-19-17(23)13-8-16-22(21-13)6-1-7-24-16/h2-5,8,10H,1,6-7,9H2,(H,19,23). The van der Waals surface area contributed by atoms with Crippen LogP contribution in [0.3, 0.4) is 0 Å². The monoisotopic (exact) mass is 374 g/mol. The largest absolute Gasteiger partial charge is 0.478 e. The van der Waals surface area contributed by atoms with Crippen LogP contribution >= 0.6 is 22.9 Å². The normalized spacial score (nSPS) is 13.2.